The molecule has 0 aliphatic carbocycles. The summed E-state index contributed by atoms with van der Waals surface area (Å²) in [5.74, 6) is 0.370. The van der Waals surface area contributed by atoms with Crippen LogP contribution in [0.4, 0.5) is 0 Å². The molecule has 0 saturated carbocycles. The van der Waals surface area contributed by atoms with E-state index in [0.29, 0.717) is 13.2 Å². The SMILES string of the molecule is CCC(C)N(CCOC)C(=O)C(S)C(C)C. The Morgan fingerprint density at radius 3 is 2.31 bits per heavy atom. The summed E-state index contributed by atoms with van der Waals surface area (Å²) in [6.45, 7) is 9.40. The van der Waals surface area contributed by atoms with Gasteiger partial charge >= 0.3 is 0 Å². The molecule has 0 fully saturated rings. The smallest absolute Gasteiger partial charge is 0.236 e. The Morgan fingerprint density at radius 2 is 1.94 bits per heavy atom. The highest BCUT2D eigenvalue weighted by Crippen LogP contribution is 2.15. The Hall–Kier alpha value is -0.220. The van der Waals surface area contributed by atoms with Crippen molar-refractivity contribution in [1.82, 2.24) is 4.90 Å². The fraction of sp³-hybridized carbons (Fsp3) is 0.917. The number of hydrogen-bond donors (Lipinski definition) is 1. The molecule has 0 spiro atoms. The molecule has 0 aliphatic rings. The van der Waals surface area contributed by atoms with E-state index in [1.54, 1.807) is 7.11 Å². The van der Waals surface area contributed by atoms with Gasteiger partial charge in [-0.1, -0.05) is 20.8 Å². The summed E-state index contributed by atoms with van der Waals surface area (Å²) in [4.78, 5) is 14.1. The van der Waals surface area contributed by atoms with Crippen LogP contribution in [0.15, 0.2) is 0 Å². The maximum atomic E-state index is 12.2. The van der Waals surface area contributed by atoms with Gasteiger partial charge in [0.15, 0.2) is 0 Å². The molecule has 0 radical (unpaired) electrons. The molecule has 2 unspecified atom stereocenters. The maximum Gasteiger partial charge on any atom is 0.236 e. The highest BCUT2D eigenvalue weighted by atomic mass is 32.1. The quantitative estimate of drug-likeness (QED) is 0.699. The molecular formula is C12H25NO2S. The van der Waals surface area contributed by atoms with Crippen LogP contribution in [-0.2, 0) is 9.53 Å². The molecule has 0 heterocycles. The van der Waals surface area contributed by atoms with Gasteiger partial charge in [-0.2, -0.15) is 12.6 Å². The van der Waals surface area contributed by atoms with Crippen LogP contribution in [0.2, 0.25) is 0 Å². The number of carbonyl (C=O) groups excluding carboxylic acids is 1. The van der Waals surface area contributed by atoms with Crippen LogP contribution in [0.3, 0.4) is 0 Å². The van der Waals surface area contributed by atoms with Crippen LogP contribution >= 0.6 is 12.6 Å². The number of hydrogen-bond acceptors (Lipinski definition) is 3. The molecule has 1 amide bonds. The summed E-state index contributed by atoms with van der Waals surface area (Å²) in [7, 11) is 1.65. The highest BCUT2D eigenvalue weighted by molar-refractivity contribution is 7.81. The van der Waals surface area contributed by atoms with Gasteiger partial charge in [-0.25, -0.2) is 0 Å². The summed E-state index contributed by atoms with van der Waals surface area (Å²) in [6.07, 6.45) is 0.952. The van der Waals surface area contributed by atoms with Gasteiger partial charge in [0.05, 0.1) is 11.9 Å². The first kappa shape index (κ1) is 15.8. The average molecular weight is 247 g/mol. The molecule has 0 aromatic rings. The number of rotatable bonds is 7. The van der Waals surface area contributed by atoms with Crippen molar-refractivity contribution in [3.05, 3.63) is 0 Å². The summed E-state index contributed by atoms with van der Waals surface area (Å²) in [5, 5.41) is -0.217. The van der Waals surface area contributed by atoms with Crippen LogP contribution in [0, 0.1) is 5.92 Å². The third-order valence-electron chi connectivity index (χ3n) is 2.83. The second-order valence-corrected chi connectivity index (χ2v) is 5.03. The first-order valence-corrected chi connectivity index (χ1v) is 6.44. The molecule has 0 aliphatic heterocycles. The standard InChI is InChI=1S/C12H25NO2S/c1-6-10(4)13(7-8-15-5)12(14)11(16)9(2)3/h9-11,16H,6-8H2,1-5H3. The number of amides is 1. The average Bonchev–Trinajstić information content (AvgIpc) is 2.27. The molecule has 3 nitrogen and oxygen atoms in total. The maximum absolute atomic E-state index is 12.2. The summed E-state index contributed by atoms with van der Waals surface area (Å²) in [6, 6.07) is 0.246. The summed E-state index contributed by atoms with van der Waals surface area (Å²) in [5.41, 5.74) is 0. The van der Waals surface area contributed by atoms with E-state index in [4.69, 9.17) is 4.74 Å². The normalized spacial score (nSPS) is 14.9. The first-order chi connectivity index (χ1) is 7.45. The Balaban J connectivity index is 4.54. The van der Waals surface area contributed by atoms with Gasteiger partial charge in [-0.05, 0) is 19.3 Å². The number of nitrogens with zero attached hydrogens (tertiary/aromatic N) is 1. The Kier molecular flexibility index (Phi) is 7.85. The van der Waals surface area contributed by atoms with Crippen LogP contribution in [0.5, 0.6) is 0 Å². The summed E-state index contributed by atoms with van der Waals surface area (Å²) >= 11 is 4.38. The van der Waals surface area contributed by atoms with Crippen LogP contribution in [0.25, 0.3) is 0 Å². The van der Waals surface area contributed by atoms with Gasteiger partial charge in [0.2, 0.25) is 5.91 Å². The van der Waals surface area contributed by atoms with Gasteiger partial charge < -0.3 is 9.64 Å². The third-order valence-corrected chi connectivity index (χ3v) is 3.64. The minimum atomic E-state index is -0.217. The third kappa shape index (κ3) is 4.74. The lowest BCUT2D eigenvalue weighted by Gasteiger charge is -2.31. The zero-order valence-electron chi connectivity index (χ0n) is 11.1. The van der Waals surface area contributed by atoms with Crippen molar-refractivity contribution < 1.29 is 9.53 Å². The van der Waals surface area contributed by atoms with E-state index in [1.165, 1.54) is 0 Å². The molecule has 0 saturated heterocycles. The molecular weight excluding hydrogens is 222 g/mol. The van der Waals surface area contributed by atoms with E-state index < -0.39 is 0 Å². The molecule has 0 aromatic carbocycles. The lowest BCUT2D eigenvalue weighted by Crippen LogP contribution is -2.45. The van der Waals surface area contributed by atoms with E-state index in [1.807, 2.05) is 18.7 Å². The fourth-order valence-electron chi connectivity index (χ4n) is 1.41. The molecule has 96 valence electrons. The van der Waals surface area contributed by atoms with E-state index >= 15 is 0 Å². The number of methoxy groups -OCH3 is 1. The minimum absolute atomic E-state index is 0.115. The van der Waals surface area contributed by atoms with E-state index in [2.05, 4.69) is 26.5 Å². The molecule has 16 heavy (non-hydrogen) atoms. The zero-order valence-corrected chi connectivity index (χ0v) is 12.0. The van der Waals surface area contributed by atoms with Crippen LogP contribution in [-0.4, -0.2) is 42.4 Å². The second kappa shape index (κ2) is 7.96. The number of ether oxygens (including phenoxy) is 1. The van der Waals surface area contributed by atoms with Gasteiger partial charge in [0, 0.05) is 19.7 Å². The lowest BCUT2D eigenvalue weighted by molar-refractivity contribution is -0.134. The highest BCUT2D eigenvalue weighted by Gasteiger charge is 2.26. The predicted octanol–water partition coefficient (Wildman–Crippen LogP) is 2.21. The van der Waals surface area contributed by atoms with Gasteiger partial charge in [0.1, 0.15) is 0 Å². The van der Waals surface area contributed by atoms with Crippen LogP contribution in [0.1, 0.15) is 34.1 Å². The fourth-order valence-corrected chi connectivity index (χ4v) is 1.56. The second-order valence-electron chi connectivity index (χ2n) is 4.47. The monoisotopic (exact) mass is 247 g/mol. The minimum Gasteiger partial charge on any atom is -0.383 e. The molecule has 0 bridgehead atoms. The van der Waals surface area contributed by atoms with Crippen LogP contribution < -0.4 is 0 Å². The summed E-state index contributed by atoms with van der Waals surface area (Å²) < 4.78 is 5.04. The van der Waals surface area contributed by atoms with Crippen molar-refractivity contribution in [2.75, 3.05) is 20.3 Å². The van der Waals surface area contributed by atoms with Crippen molar-refractivity contribution in [3.8, 4) is 0 Å². The van der Waals surface area contributed by atoms with Crippen molar-refractivity contribution in [3.63, 3.8) is 0 Å². The van der Waals surface area contributed by atoms with E-state index in [0.717, 1.165) is 6.42 Å². The first-order valence-electron chi connectivity index (χ1n) is 5.93. The van der Waals surface area contributed by atoms with Gasteiger partial charge in [-0.15, -0.1) is 0 Å². The van der Waals surface area contributed by atoms with Crippen molar-refractivity contribution >= 4 is 18.5 Å². The molecule has 0 aromatic heterocycles. The zero-order chi connectivity index (χ0) is 12.7. The lowest BCUT2D eigenvalue weighted by atomic mass is 10.1. The van der Waals surface area contributed by atoms with E-state index in [9.17, 15) is 4.79 Å². The van der Waals surface area contributed by atoms with Gasteiger partial charge in [0.25, 0.3) is 0 Å². The predicted molar refractivity (Wildman–Crippen MR) is 71.0 cm³/mol. The molecule has 0 rings (SSSR count). The van der Waals surface area contributed by atoms with Gasteiger partial charge in [-0.3, -0.25) is 4.79 Å². The molecule has 4 heteroatoms. The van der Waals surface area contributed by atoms with E-state index in [-0.39, 0.29) is 23.1 Å². The Labute approximate surface area is 105 Å². The Morgan fingerprint density at radius 1 is 1.38 bits per heavy atom. The number of thiol groups is 1. The Bertz CT molecular complexity index is 209. The topological polar surface area (TPSA) is 29.5 Å². The largest absolute Gasteiger partial charge is 0.383 e. The number of carbonyl (C=O) groups is 1. The van der Waals surface area contributed by atoms with Crippen molar-refractivity contribution in [1.29, 1.82) is 0 Å². The van der Waals surface area contributed by atoms with Crippen molar-refractivity contribution in [2.24, 2.45) is 5.92 Å². The van der Waals surface area contributed by atoms with Crippen molar-refractivity contribution in [2.45, 2.75) is 45.4 Å². The molecule has 2 atom stereocenters. The molecule has 0 N–H and O–H groups in total.